The molecule has 1 aromatic heterocycles. The van der Waals surface area contributed by atoms with Crippen LogP contribution in [0, 0.1) is 18.3 Å². The van der Waals surface area contributed by atoms with E-state index in [2.05, 4.69) is 6.07 Å². The zero-order valence-electron chi connectivity index (χ0n) is 11.6. The van der Waals surface area contributed by atoms with E-state index in [4.69, 9.17) is 9.68 Å². The fraction of sp³-hybridized carbons (Fsp3) is 0.250. The summed E-state index contributed by atoms with van der Waals surface area (Å²) >= 11 is 0. The normalized spacial score (nSPS) is 10.1. The standard InChI is InChI=1S/C16H16N2O2/c1-12-15(7-8-20-12)11-18(2)16(19)9-13-3-5-14(10-17)6-4-13/h3-8H,9,11H2,1-2H3. The van der Waals surface area contributed by atoms with Crippen molar-refractivity contribution in [1.82, 2.24) is 4.90 Å². The maximum Gasteiger partial charge on any atom is 0.227 e. The lowest BCUT2D eigenvalue weighted by Gasteiger charge is -2.16. The quantitative estimate of drug-likeness (QED) is 0.856. The Morgan fingerprint density at radius 1 is 1.30 bits per heavy atom. The summed E-state index contributed by atoms with van der Waals surface area (Å²) in [5, 5.41) is 8.73. The van der Waals surface area contributed by atoms with Crippen molar-refractivity contribution in [1.29, 1.82) is 5.26 Å². The molecular weight excluding hydrogens is 252 g/mol. The highest BCUT2D eigenvalue weighted by molar-refractivity contribution is 5.78. The number of aryl methyl sites for hydroxylation is 1. The van der Waals surface area contributed by atoms with Crippen LogP contribution in [0.1, 0.15) is 22.5 Å². The SMILES string of the molecule is Cc1occc1CN(C)C(=O)Cc1ccc(C#N)cc1. The second kappa shape index (κ2) is 6.07. The lowest BCUT2D eigenvalue weighted by molar-refractivity contribution is -0.129. The van der Waals surface area contributed by atoms with E-state index in [9.17, 15) is 4.79 Å². The lowest BCUT2D eigenvalue weighted by atomic mass is 10.1. The first kappa shape index (κ1) is 13.9. The predicted molar refractivity (Wildman–Crippen MR) is 74.8 cm³/mol. The van der Waals surface area contributed by atoms with Crippen molar-refractivity contribution < 1.29 is 9.21 Å². The van der Waals surface area contributed by atoms with E-state index in [0.29, 0.717) is 18.5 Å². The van der Waals surface area contributed by atoms with Gasteiger partial charge in [-0.2, -0.15) is 5.26 Å². The molecule has 0 aliphatic rings. The summed E-state index contributed by atoms with van der Waals surface area (Å²) < 4.78 is 5.22. The van der Waals surface area contributed by atoms with Gasteiger partial charge in [-0.3, -0.25) is 4.79 Å². The molecule has 0 saturated heterocycles. The van der Waals surface area contributed by atoms with Gasteiger partial charge in [0.25, 0.3) is 0 Å². The van der Waals surface area contributed by atoms with Crippen LogP contribution >= 0.6 is 0 Å². The van der Waals surface area contributed by atoms with Gasteiger partial charge in [0, 0.05) is 19.2 Å². The Morgan fingerprint density at radius 2 is 2.00 bits per heavy atom. The van der Waals surface area contributed by atoms with E-state index < -0.39 is 0 Å². The molecule has 102 valence electrons. The van der Waals surface area contributed by atoms with Gasteiger partial charge in [0.2, 0.25) is 5.91 Å². The third-order valence-electron chi connectivity index (χ3n) is 3.24. The van der Waals surface area contributed by atoms with Crippen LogP contribution in [0.2, 0.25) is 0 Å². The summed E-state index contributed by atoms with van der Waals surface area (Å²) in [6, 6.07) is 11.0. The van der Waals surface area contributed by atoms with Crippen LogP contribution in [0.5, 0.6) is 0 Å². The van der Waals surface area contributed by atoms with Crippen LogP contribution in [0.15, 0.2) is 41.0 Å². The van der Waals surface area contributed by atoms with Gasteiger partial charge in [0.1, 0.15) is 5.76 Å². The highest BCUT2D eigenvalue weighted by atomic mass is 16.3. The number of amides is 1. The number of carbonyl (C=O) groups is 1. The number of benzene rings is 1. The molecule has 2 aromatic rings. The van der Waals surface area contributed by atoms with Gasteiger partial charge in [0.15, 0.2) is 0 Å². The molecule has 0 radical (unpaired) electrons. The fourth-order valence-corrected chi connectivity index (χ4v) is 1.93. The van der Waals surface area contributed by atoms with E-state index in [1.54, 1.807) is 30.3 Å². The minimum absolute atomic E-state index is 0.0373. The number of carbonyl (C=O) groups excluding carboxylic acids is 1. The molecule has 0 aliphatic carbocycles. The monoisotopic (exact) mass is 268 g/mol. The van der Waals surface area contributed by atoms with Gasteiger partial charge >= 0.3 is 0 Å². The number of likely N-dealkylation sites (N-methyl/N-ethyl adjacent to an activating group) is 1. The molecule has 0 N–H and O–H groups in total. The summed E-state index contributed by atoms with van der Waals surface area (Å²) in [5.41, 5.74) is 2.52. The van der Waals surface area contributed by atoms with E-state index in [1.807, 2.05) is 25.1 Å². The highest BCUT2D eigenvalue weighted by Crippen LogP contribution is 2.12. The van der Waals surface area contributed by atoms with Crippen molar-refractivity contribution in [3.63, 3.8) is 0 Å². The van der Waals surface area contributed by atoms with E-state index in [1.165, 1.54) is 0 Å². The molecule has 0 unspecified atom stereocenters. The van der Waals surface area contributed by atoms with Gasteiger partial charge < -0.3 is 9.32 Å². The molecule has 0 spiro atoms. The maximum absolute atomic E-state index is 12.1. The van der Waals surface area contributed by atoms with Gasteiger partial charge in [-0.25, -0.2) is 0 Å². The van der Waals surface area contributed by atoms with Gasteiger partial charge in [0.05, 0.1) is 24.3 Å². The Morgan fingerprint density at radius 3 is 2.55 bits per heavy atom. The average molecular weight is 268 g/mol. The second-order valence-corrected chi connectivity index (χ2v) is 4.74. The molecule has 1 aromatic carbocycles. The molecule has 0 fully saturated rings. The average Bonchev–Trinajstić information content (AvgIpc) is 2.85. The Hall–Kier alpha value is -2.54. The molecule has 4 nitrogen and oxygen atoms in total. The number of rotatable bonds is 4. The number of nitrogens with zero attached hydrogens (tertiary/aromatic N) is 2. The summed E-state index contributed by atoms with van der Waals surface area (Å²) in [7, 11) is 1.78. The van der Waals surface area contributed by atoms with Gasteiger partial charge in [-0.1, -0.05) is 12.1 Å². The van der Waals surface area contributed by atoms with Crippen LogP contribution in [-0.2, 0) is 17.8 Å². The Bertz CT molecular complexity index is 635. The smallest absolute Gasteiger partial charge is 0.227 e. The molecule has 20 heavy (non-hydrogen) atoms. The van der Waals surface area contributed by atoms with Crippen LogP contribution < -0.4 is 0 Å². The van der Waals surface area contributed by atoms with Crippen LogP contribution in [-0.4, -0.2) is 17.9 Å². The van der Waals surface area contributed by atoms with Crippen molar-refractivity contribution in [2.45, 2.75) is 19.9 Å². The zero-order chi connectivity index (χ0) is 14.5. The molecule has 0 aliphatic heterocycles. The Kier molecular flexibility index (Phi) is 4.21. The summed E-state index contributed by atoms with van der Waals surface area (Å²) in [4.78, 5) is 13.8. The zero-order valence-corrected chi connectivity index (χ0v) is 11.6. The molecule has 0 atom stereocenters. The summed E-state index contributed by atoms with van der Waals surface area (Å²) in [5.74, 6) is 0.873. The largest absolute Gasteiger partial charge is 0.469 e. The molecule has 0 saturated carbocycles. The van der Waals surface area contributed by atoms with Gasteiger partial charge in [-0.15, -0.1) is 0 Å². The second-order valence-electron chi connectivity index (χ2n) is 4.74. The fourth-order valence-electron chi connectivity index (χ4n) is 1.93. The highest BCUT2D eigenvalue weighted by Gasteiger charge is 2.12. The van der Waals surface area contributed by atoms with Crippen molar-refractivity contribution >= 4 is 5.91 Å². The van der Waals surface area contributed by atoms with Crippen molar-refractivity contribution in [3.8, 4) is 6.07 Å². The van der Waals surface area contributed by atoms with E-state index in [-0.39, 0.29) is 5.91 Å². The van der Waals surface area contributed by atoms with Crippen molar-refractivity contribution in [3.05, 3.63) is 59.0 Å². The first-order valence-electron chi connectivity index (χ1n) is 6.36. The Labute approximate surface area is 118 Å². The minimum atomic E-state index is 0.0373. The van der Waals surface area contributed by atoms with Crippen LogP contribution in [0.3, 0.4) is 0 Å². The molecule has 0 bridgehead atoms. The number of hydrogen-bond donors (Lipinski definition) is 0. The van der Waals surface area contributed by atoms with Gasteiger partial charge in [-0.05, 0) is 30.7 Å². The summed E-state index contributed by atoms with van der Waals surface area (Å²) in [6.45, 7) is 2.42. The number of hydrogen-bond acceptors (Lipinski definition) is 3. The number of furan rings is 1. The molecule has 2 rings (SSSR count). The minimum Gasteiger partial charge on any atom is -0.469 e. The summed E-state index contributed by atoms with van der Waals surface area (Å²) in [6.07, 6.45) is 1.96. The third kappa shape index (κ3) is 3.27. The predicted octanol–water partition coefficient (Wildman–Crippen LogP) is 2.66. The van der Waals surface area contributed by atoms with Crippen molar-refractivity contribution in [2.24, 2.45) is 0 Å². The van der Waals surface area contributed by atoms with Crippen LogP contribution in [0.4, 0.5) is 0 Å². The maximum atomic E-state index is 12.1. The third-order valence-corrected chi connectivity index (χ3v) is 3.24. The van der Waals surface area contributed by atoms with Crippen molar-refractivity contribution in [2.75, 3.05) is 7.05 Å². The molecular formula is C16H16N2O2. The molecule has 1 heterocycles. The number of nitriles is 1. The Balaban J connectivity index is 1.97. The van der Waals surface area contributed by atoms with E-state index in [0.717, 1.165) is 16.9 Å². The molecule has 4 heteroatoms. The van der Waals surface area contributed by atoms with Crippen LogP contribution in [0.25, 0.3) is 0 Å². The van der Waals surface area contributed by atoms with E-state index >= 15 is 0 Å². The first-order chi connectivity index (χ1) is 9.60. The lowest BCUT2D eigenvalue weighted by Crippen LogP contribution is -2.27. The molecule has 1 amide bonds. The topological polar surface area (TPSA) is 57.2 Å². The first-order valence-corrected chi connectivity index (χ1v) is 6.36.